The first-order chi connectivity index (χ1) is 11.7. The van der Waals surface area contributed by atoms with E-state index in [0.29, 0.717) is 26.2 Å². The number of guanidine groups is 1. The molecule has 1 aromatic rings. The highest BCUT2D eigenvalue weighted by atomic mass is 79.9. The Morgan fingerprint density at radius 2 is 2.12 bits per heavy atom. The van der Waals surface area contributed by atoms with Gasteiger partial charge in [0.2, 0.25) is 5.91 Å². The van der Waals surface area contributed by atoms with Gasteiger partial charge in [-0.1, -0.05) is 22.0 Å². The predicted octanol–water partition coefficient (Wildman–Crippen LogP) is 1.91. The number of rotatable bonds is 9. The molecule has 0 radical (unpaired) electrons. The highest BCUT2D eigenvalue weighted by Crippen LogP contribution is 2.28. The van der Waals surface area contributed by atoms with E-state index in [1.54, 1.807) is 0 Å². The van der Waals surface area contributed by atoms with Gasteiger partial charge in [0.25, 0.3) is 0 Å². The van der Waals surface area contributed by atoms with E-state index < -0.39 is 0 Å². The number of nitrogens with one attached hydrogen (secondary N) is 3. The van der Waals surface area contributed by atoms with Gasteiger partial charge in [-0.2, -0.15) is 0 Å². The maximum Gasteiger partial charge on any atom is 0.223 e. The molecule has 2 rings (SSSR count). The van der Waals surface area contributed by atoms with E-state index in [1.807, 2.05) is 31.2 Å². The topological polar surface area (TPSA) is 74.8 Å². The summed E-state index contributed by atoms with van der Waals surface area (Å²) in [4.78, 5) is 16.0. The van der Waals surface area contributed by atoms with Gasteiger partial charge >= 0.3 is 0 Å². The molecule has 1 amide bonds. The molecule has 3 N–H and O–H groups in total. The fourth-order valence-corrected chi connectivity index (χ4v) is 2.45. The minimum atomic E-state index is 0.158. The molecule has 1 fully saturated rings. The van der Waals surface area contributed by atoms with Crippen LogP contribution < -0.4 is 20.7 Å². The third kappa shape index (κ3) is 7.21. The lowest BCUT2D eigenvalue weighted by molar-refractivity contribution is -0.122. The summed E-state index contributed by atoms with van der Waals surface area (Å²) in [5.74, 6) is 1.97. The average Bonchev–Trinajstić information content (AvgIpc) is 3.40. The standard InChI is InChI=1S/C17H25BrN4O2/c1-2-19-17(21-9-8-20-16(23)13-6-7-13)22-10-11-24-15-5-3-4-14(18)12-15/h3-5,12-13H,2,6-11H2,1H3,(H,20,23)(H2,19,21,22). The van der Waals surface area contributed by atoms with Gasteiger partial charge in [0.05, 0.1) is 13.1 Å². The van der Waals surface area contributed by atoms with Gasteiger partial charge in [-0.25, -0.2) is 0 Å². The molecular weight excluding hydrogens is 372 g/mol. The van der Waals surface area contributed by atoms with Crippen LogP contribution in [0.25, 0.3) is 0 Å². The summed E-state index contributed by atoms with van der Waals surface area (Å²) in [7, 11) is 0. The van der Waals surface area contributed by atoms with Crippen molar-refractivity contribution in [2.75, 3.05) is 32.8 Å². The Morgan fingerprint density at radius 1 is 1.29 bits per heavy atom. The van der Waals surface area contributed by atoms with Gasteiger partial charge in [0.1, 0.15) is 12.4 Å². The molecule has 0 saturated heterocycles. The lowest BCUT2D eigenvalue weighted by Crippen LogP contribution is -2.40. The Labute approximate surface area is 151 Å². The molecule has 132 valence electrons. The first kappa shape index (κ1) is 18.6. The third-order valence-corrected chi connectivity index (χ3v) is 3.93. The lowest BCUT2D eigenvalue weighted by Gasteiger charge is -2.12. The Bertz CT molecular complexity index is 561. The SMILES string of the molecule is CCNC(=NCCNC(=O)C1CC1)NCCOc1cccc(Br)c1. The molecule has 1 saturated carbocycles. The second kappa shape index (κ2) is 10.2. The van der Waals surface area contributed by atoms with E-state index >= 15 is 0 Å². The summed E-state index contributed by atoms with van der Waals surface area (Å²) < 4.78 is 6.67. The fourth-order valence-electron chi connectivity index (χ4n) is 2.07. The van der Waals surface area contributed by atoms with Gasteiger partial charge < -0.3 is 20.7 Å². The molecule has 0 aromatic heterocycles. The van der Waals surface area contributed by atoms with Crippen molar-refractivity contribution < 1.29 is 9.53 Å². The number of hydrogen-bond donors (Lipinski definition) is 3. The van der Waals surface area contributed by atoms with Crippen molar-refractivity contribution in [1.29, 1.82) is 0 Å². The van der Waals surface area contributed by atoms with E-state index in [4.69, 9.17) is 4.74 Å². The van der Waals surface area contributed by atoms with Crippen LogP contribution in [0.2, 0.25) is 0 Å². The minimum Gasteiger partial charge on any atom is -0.492 e. The van der Waals surface area contributed by atoms with Gasteiger partial charge in [0.15, 0.2) is 5.96 Å². The Kier molecular flexibility index (Phi) is 7.88. The van der Waals surface area contributed by atoms with E-state index in [2.05, 4.69) is 36.9 Å². The third-order valence-electron chi connectivity index (χ3n) is 3.43. The zero-order valence-corrected chi connectivity index (χ0v) is 15.6. The molecule has 1 aliphatic carbocycles. The number of amides is 1. The van der Waals surface area contributed by atoms with Crippen LogP contribution in [0, 0.1) is 5.92 Å². The van der Waals surface area contributed by atoms with Crippen molar-refractivity contribution in [1.82, 2.24) is 16.0 Å². The summed E-state index contributed by atoms with van der Waals surface area (Å²) in [6.07, 6.45) is 2.05. The molecule has 0 unspecified atom stereocenters. The van der Waals surface area contributed by atoms with Gasteiger partial charge in [-0.15, -0.1) is 0 Å². The second-order valence-corrected chi connectivity index (χ2v) is 6.47. The van der Waals surface area contributed by atoms with Crippen LogP contribution in [-0.2, 0) is 4.79 Å². The largest absolute Gasteiger partial charge is 0.492 e. The van der Waals surface area contributed by atoms with Crippen molar-refractivity contribution in [3.8, 4) is 5.75 Å². The monoisotopic (exact) mass is 396 g/mol. The van der Waals surface area contributed by atoms with Gasteiger partial charge in [-0.05, 0) is 38.0 Å². The quantitative estimate of drug-likeness (QED) is 0.338. The molecule has 0 aliphatic heterocycles. The van der Waals surface area contributed by atoms with Crippen LogP contribution >= 0.6 is 15.9 Å². The maximum atomic E-state index is 11.5. The smallest absolute Gasteiger partial charge is 0.223 e. The molecule has 0 atom stereocenters. The number of benzene rings is 1. The molecule has 24 heavy (non-hydrogen) atoms. The summed E-state index contributed by atoms with van der Waals surface area (Å²) >= 11 is 3.42. The molecule has 6 nitrogen and oxygen atoms in total. The summed E-state index contributed by atoms with van der Waals surface area (Å²) in [5, 5.41) is 9.30. The van der Waals surface area contributed by atoms with Crippen LogP contribution in [0.3, 0.4) is 0 Å². The van der Waals surface area contributed by atoms with Crippen molar-refractivity contribution in [2.24, 2.45) is 10.9 Å². The first-order valence-corrected chi connectivity index (χ1v) is 9.16. The lowest BCUT2D eigenvalue weighted by atomic mass is 10.3. The van der Waals surface area contributed by atoms with Gasteiger partial charge in [-0.3, -0.25) is 9.79 Å². The highest BCUT2D eigenvalue weighted by Gasteiger charge is 2.28. The average molecular weight is 397 g/mol. The van der Waals surface area contributed by atoms with E-state index in [1.165, 1.54) is 0 Å². The number of carbonyl (C=O) groups is 1. The number of hydrogen-bond acceptors (Lipinski definition) is 3. The molecule has 0 heterocycles. The fraction of sp³-hybridized carbons (Fsp3) is 0.529. The molecule has 1 aromatic carbocycles. The number of ether oxygens (including phenoxy) is 1. The van der Waals surface area contributed by atoms with Gasteiger partial charge in [0, 0.05) is 23.5 Å². The van der Waals surface area contributed by atoms with Crippen molar-refractivity contribution in [3.63, 3.8) is 0 Å². The highest BCUT2D eigenvalue weighted by molar-refractivity contribution is 9.10. The van der Waals surface area contributed by atoms with E-state index in [0.717, 1.165) is 35.6 Å². The number of halogens is 1. The molecule has 0 spiro atoms. The maximum absolute atomic E-state index is 11.5. The normalized spacial score (nSPS) is 14.2. The minimum absolute atomic E-state index is 0.158. The number of carbonyl (C=O) groups excluding carboxylic acids is 1. The summed E-state index contributed by atoms with van der Waals surface area (Å²) in [5.41, 5.74) is 0. The Morgan fingerprint density at radius 3 is 2.83 bits per heavy atom. The summed E-state index contributed by atoms with van der Waals surface area (Å²) in [6, 6.07) is 7.76. The second-order valence-electron chi connectivity index (χ2n) is 5.56. The zero-order valence-electron chi connectivity index (χ0n) is 14.0. The number of nitrogens with zero attached hydrogens (tertiary/aromatic N) is 1. The van der Waals surface area contributed by atoms with E-state index in [9.17, 15) is 4.79 Å². The Hall–Kier alpha value is -1.76. The predicted molar refractivity (Wildman–Crippen MR) is 99.4 cm³/mol. The van der Waals surface area contributed by atoms with Crippen LogP contribution in [0.15, 0.2) is 33.7 Å². The zero-order chi connectivity index (χ0) is 17.2. The Balaban J connectivity index is 1.63. The number of aliphatic imine (C=N–C) groups is 1. The van der Waals surface area contributed by atoms with Crippen LogP contribution in [-0.4, -0.2) is 44.7 Å². The van der Waals surface area contributed by atoms with Crippen LogP contribution in [0.1, 0.15) is 19.8 Å². The van der Waals surface area contributed by atoms with Crippen LogP contribution in [0.5, 0.6) is 5.75 Å². The van der Waals surface area contributed by atoms with Crippen LogP contribution in [0.4, 0.5) is 0 Å². The molecule has 0 bridgehead atoms. The molecular formula is C17H25BrN4O2. The molecule has 7 heteroatoms. The summed E-state index contributed by atoms with van der Waals surface area (Å²) in [6.45, 7) is 5.11. The van der Waals surface area contributed by atoms with Crippen molar-refractivity contribution >= 4 is 27.8 Å². The molecule has 1 aliphatic rings. The van der Waals surface area contributed by atoms with Crippen molar-refractivity contribution in [3.05, 3.63) is 28.7 Å². The van der Waals surface area contributed by atoms with E-state index in [-0.39, 0.29) is 11.8 Å². The first-order valence-electron chi connectivity index (χ1n) is 8.37. The van der Waals surface area contributed by atoms with Crippen molar-refractivity contribution in [2.45, 2.75) is 19.8 Å².